The smallest absolute Gasteiger partial charge is 0.266 e. The zero-order chi connectivity index (χ0) is 22.2. The van der Waals surface area contributed by atoms with Gasteiger partial charge in [-0.25, -0.2) is 4.63 Å². The molecule has 1 heterocycles. The van der Waals surface area contributed by atoms with Crippen molar-refractivity contribution in [2.24, 2.45) is 0 Å². The number of carbonyl (C=O) groups excluding carboxylic acids is 1. The lowest BCUT2D eigenvalue weighted by molar-refractivity contribution is -0.122. The number of aromatic nitrogens is 2. The monoisotopic (exact) mass is 425 g/mol. The second kappa shape index (κ2) is 10.5. The second-order valence-corrected chi connectivity index (χ2v) is 6.74. The summed E-state index contributed by atoms with van der Waals surface area (Å²) < 4.78 is 21.9. The van der Waals surface area contributed by atoms with Gasteiger partial charge in [-0.2, -0.15) is 0 Å². The van der Waals surface area contributed by atoms with Crippen molar-refractivity contribution in [1.29, 1.82) is 0 Å². The highest BCUT2D eigenvalue weighted by atomic mass is 16.6. The molecule has 0 bridgehead atoms. The lowest BCUT2D eigenvalue weighted by Gasteiger charge is -2.14. The third-order valence-corrected chi connectivity index (χ3v) is 4.56. The molecule has 1 amide bonds. The van der Waals surface area contributed by atoms with Crippen molar-refractivity contribution in [1.82, 2.24) is 10.3 Å². The zero-order valence-corrected chi connectivity index (χ0v) is 18.2. The van der Waals surface area contributed by atoms with Crippen LogP contribution < -0.4 is 19.5 Å². The van der Waals surface area contributed by atoms with E-state index in [0.29, 0.717) is 41.7 Å². The molecular formula is C23H27N3O5. The molecule has 0 radical (unpaired) electrons. The number of hydrogen-bond donors (Lipinski definition) is 1. The van der Waals surface area contributed by atoms with Crippen LogP contribution in [0.1, 0.15) is 33.3 Å². The van der Waals surface area contributed by atoms with Crippen LogP contribution in [0.2, 0.25) is 0 Å². The molecule has 0 aliphatic heterocycles. The second-order valence-electron chi connectivity index (χ2n) is 6.74. The fourth-order valence-electron chi connectivity index (χ4n) is 2.94. The van der Waals surface area contributed by atoms with E-state index >= 15 is 0 Å². The molecule has 0 saturated carbocycles. The van der Waals surface area contributed by atoms with E-state index in [9.17, 15) is 4.79 Å². The number of benzene rings is 2. The number of nitrogens with zero attached hydrogens (tertiary/aromatic N) is 2. The number of hydrogen-bond acceptors (Lipinski definition) is 7. The van der Waals surface area contributed by atoms with E-state index in [2.05, 4.69) is 22.6 Å². The Kier molecular flexibility index (Phi) is 7.48. The minimum absolute atomic E-state index is 0.202. The Morgan fingerprint density at radius 2 is 1.71 bits per heavy atom. The molecule has 31 heavy (non-hydrogen) atoms. The normalized spacial score (nSPS) is 11.6. The fourth-order valence-corrected chi connectivity index (χ4v) is 2.94. The lowest BCUT2D eigenvalue weighted by atomic mass is 10.1. The third kappa shape index (κ3) is 5.53. The Bertz CT molecular complexity index is 1000. The van der Waals surface area contributed by atoms with Gasteiger partial charge in [0.15, 0.2) is 23.3 Å². The number of ether oxygens (including phenoxy) is 3. The maximum Gasteiger partial charge on any atom is 0.266 e. The molecule has 0 saturated heterocycles. The largest absolute Gasteiger partial charge is 0.490 e. The third-order valence-electron chi connectivity index (χ3n) is 4.56. The summed E-state index contributed by atoms with van der Waals surface area (Å²) in [6, 6.07) is 13.0. The van der Waals surface area contributed by atoms with Gasteiger partial charge in [-0.1, -0.05) is 19.1 Å². The number of carbonyl (C=O) groups is 1. The predicted octanol–water partition coefficient (Wildman–Crippen LogP) is 4.50. The van der Waals surface area contributed by atoms with Crippen LogP contribution in [0.4, 0.5) is 5.82 Å². The summed E-state index contributed by atoms with van der Waals surface area (Å²) >= 11 is 0. The molecule has 0 aliphatic carbocycles. The molecule has 1 aromatic heterocycles. The van der Waals surface area contributed by atoms with E-state index in [-0.39, 0.29) is 11.7 Å². The summed E-state index contributed by atoms with van der Waals surface area (Å²) in [5.41, 5.74) is 2.26. The van der Waals surface area contributed by atoms with E-state index < -0.39 is 6.10 Å². The summed E-state index contributed by atoms with van der Waals surface area (Å²) in [6.07, 6.45) is 0.200. The molecule has 8 heteroatoms. The number of aryl methyl sites for hydroxylation is 1. The summed E-state index contributed by atoms with van der Waals surface area (Å²) in [4.78, 5) is 12.6. The van der Waals surface area contributed by atoms with Gasteiger partial charge in [0.05, 0.1) is 13.2 Å². The van der Waals surface area contributed by atoms with Crippen LogP contribution in [0.3, 0.4) is 0 Å². The maximum absolute atomic E-state index is 12.6. The molecule has 3 aromatic rings. The minimum atomic E-state index is -0.739. The van der Waals surface area contributed by atoms with Gasteiger partial charge in [-0.15, -0.1) is 0 Å². The van der Waals surface area contributed by atoms with Crippen molar-refractivity contribution >= 4 is 11.7 Å². The molecule has 8 nitrogen and oxygen atoms in total. The minimum Gasteiger partial charge on any atom is -0.490 e. The Balaban J connectivity index is 1.73. The van der Waals surface area contributed by atoms with Crippen LogP contribution in [-0.2, 0) is 11.2 Å². The highest BCUT2D eigenvalue weighted by Gasteiger charge is 2.21. The van der Waals surface area contributed by atoms with Gasteiger partial charge < -0.3 is 19.5 Å². The molecule has 3 rings (SSSR count). The van der Waals surface area contributed by atoms with Gasteiger partial charge >= 0.3 is 0 Å². The Morgan fingerprint density at radius 3 is 2.39 bits per heavy atom. The fraction of sp³-hybridized carbons (Fsp3) is 0.348. The molecule has 2 aromatic carbocycles. The first-order chi connectivity index (χ1) is 15.0. The Labute approximate surface area is 181 Å². The SMILES string of the molecule is CCOc1ccc(-c2nonc2NC(=O)[C@@H](C)Oc2ccc(CC)cc2)cc1OCC. The van der Waals surface area contributed by atoms with Crippen LogP contribution in [0.25, 0.3) is 11.3 Å². The molecular weight excluding hydrogens is 398 g/mol. The summed E-state index contributed by atoms with van der Waals surface area (Å²) in [5, 5.41) is 10.5. The summed E-state index contributed by atoms with van der Waals surface area (Å²) in [5.74, 6) is 1.66. The van der Waals surface area contributed by atoms with Gasteiger partial charge in [-0.05, 0) is 73.4 Å². The standard InChI is InChI=1S/C23H27N3O5/c1-5-16-8-11-18(12-9-16)30-15(4)23(27)24-22-21(25-31-26-22)17-10-13-19(28-6-2)20(14-17)29-7-3/h8-15H,5-7H2,1-4H3,(H,24,26,27)/t15-/m1/s1. The van der Waals surface area contributed by atoms with Crippen LogP contribution in [-0.4, -0.2) is 35.5 Å². The first-order valence-electron chi connectivity index (χ1n) is 10.3. The average molecular weight is 425 g/mol. The van der Waals surface area contributed by atoms with Crippen LogP contribution in [0.5, 0.6) is 17.2 Å². The van der Waals surface area contributed by atoms with Crippen molar-refractivity contribution in [3.8, 4) is 28.5 Å². The van der Waals surface area contributed by atoms with E-state index in [0.717, 1.165) is 6.42 Å². The number of anilines is 1. The summed E-state index contributed by atoms with van der Waals surface area (Å²) in [6.45, 7) is 8.55. The van der Waals surface area contributed by atoms with Crippen molar-refractivity contribution in [3.05, 3.63) is 48.0 Å². The number of nitrogens with one attached hydrogen (secondary N) is 1. The lowest BCUT2D eigenvalue weighted by Crippen LogP contribution is -2.30. The molecule has 0 fully saturated rings. The number of amides is 1. The van der Waals surface area contributed by atoms with E-state index in [1.165, 1.54) is 5.56 Å². The topological polar surface area (TPSA) is 95.7 Å². The molecule has 1 N–H and O–H groups in total. The first-order valence-corrected chi connectivity index (χ1v) is 10.3. The van der Waals surface area contributed by atoms with E-state index in [4.69, 9.17) is 18.8 Å². The van der Waals surface area contributed by atoms with Gasteiger partial charge in [0, 0.05) is 5.56 Å². The molecule has 164 valence electrons. The highest BCUT2D eigenvalue weighted by molar-refractivity contribution is 5.96. The van der Waals surface area contributed by atoms with Crippen molar-refractivity contribution in [2.75, 3.05) is 18.5 Å². The van der Waals surface area contributed by atoms with E-state index in [1.807, 2.05) is 38.1 Å². The Morgan fingerprint density at radius 1 is 1.00 bits per heavy atom. The summed E-state index contributed by atoms with van der Waals surface area (Å²) in [7, 11) is 0. The average Bonchev–Trinajstić information content (AvgIpc) is 3.24. The van der Waals surface area contributed by atoms with Crippen LogP contribution in [0.15, 0.2) is 47.1 Å². The molecule has 1 atom stereocenters. The first kappa shape index (κ1) is 22.1. The van der Waals surface area contributed by atoms with Gasteiger partial charge in [-0.3, -0.25) is 4.79 Å². The van der Waals surface area contributed by atoms with Gasteiger partial charge in [0.1, 0.15) is 5.75 Å². The maximum atomic E-state index is 12.6. The molecule has 0 aliphatic rings. The van der Waals surface area contributed by atoms with Gasteiger partial charge in [0.2, 0.25) is 5.82 Å². The van der Waals surface area contributed by atoms with Crippen molar-refractivity contribution in [2.45, 2.75) is 40.2 Å². The van der Waals surface area contributed by atoms with Crippen LogP contribution >= 0.6 is 0 Å². The number of rotatable bonds is 10. The van der Waals surface area contributed by atoms with Crippen molar-refractivity contribution in [3.63, 3.8) is 0 Å². The van der Waals surface area contributed by atoms with Gasteiger partial charge in [0.25, 0.3) is 5.91 Å². The van der Waals surface area contributed by atoms with Crippen LogP contribution in [0, 0.1) is 0 Å². The quantitative estimate of drug-likeness (QED) is 0.511. The van der Waals surface area contributed by atoms with Crippen molar-refractivity contribution < 1.29 is 23.6 Å². The highest BCUT2D eigenvalue weighted by Crippen LogP contribution is 2.34. The van der Waals surface area contributed by atoms with E-state index in [1.54, 1.807) is 25.1 Å². The molecule has 0 unspecified atom stereocenters. The molecule has 0 spiro atoms. The predicted molar refractivity (Wildman–Crippen MR) is 117 cm³/mol. The zero-order valence-electron chi connectivity index (χ0n) is 18.2. The Hall–Kier alpha value is -3.55.